The van der Waals surface area contributed by atoms with Gasteiger partial charge in [0.1, 0.15) is 25.2 Å². The third-order valence-corrected chi connectivity index (χ3v) is 11.5. The molecule has 1 atom stereocenters. The number of rotatable bonds is 8. The minimum Gasteiger partial charge on any atom is -0.435 e. The summed E-state index contributed by atoms with van der Waals surface area (Å²) in [5, 5.41) is 0. The highest BCUT2D eigenvalue weighted by Crippen LogP contribution is 2.22. The van der Waals surface area contributed by atoms with Gasteiger partial charge in [0.2, 0.25) is 0 Å². The zero-order valence-electron chi connectivity index (χ0n) is 10.7. The molecule has 17 heavy (non-hydrogen) atoms. The van der Waals surface area contributed by atoms with Crippen molar-refractivity contribution in [3.63, 3.8) is 0 Å². The Labute approximate surface area is 103 Å². The lowest BCUT2D eigenvalue weighted by molar-refractivity contribution is 0.311. The van der Waals surface area contributed by atoms with Crippen LogP contribution in [-0.4, -0.2) is 50.4 Å². The second-order valence-electron chi connectivity index (χ2n) is 5.17. The normalized spacial score (nSPS) is 16.9. The van der Waals surface area contributed by atoms with Crippen molar-refractivity contribution in [1.82, 2.24) is 0 Å². The summed E-state index contributed by atoms with van der Waals surface area (Å²) in [7, 11) is -9.17. The van der Waals surface area contributed by atoms with Gasteiger partial charge in [-0.05, 0) is 26.2 Å². The van der Waals surface area contributed by atoms with Crippen LogP contribution in [0.4, 0.5) is 17.6 Å². The Kier molecular flexibility index (Phi) is 6.57. The molecular formula is C8H20F4O2Si3. The summed E-state index contributed by atoms with van der Waals surface area (Å²) in [5.41, 5.74) is 0. The van der Waals surface area contributed by atoms with E-state index in [2.05, 4.69) is 0 Å². The highest BCUT2D eigenvalue weighted by Gasteiger charge is 2.47. The third-order valence-electron chi connectivity index (χ3n) is 1.93. The minimum atomic E-state index is -3.75. The first kappa shape index (κ1) is 17.3. The summed E-state index contributed by atoms with van der Waals surface area (Å²) < 4.78 is 61.9. The van der Waals surface area contributed by atoms with Crippen molar-refractivity contribution >= 4 is 25.2 Å². The predicted octanol–water partition coefficient (Wildman–Crippen LogP) is 2.91. The topological polar surface area (TPSA) is 18.5 Å². The molecule has 0 aliphatic carbocycles. The van der Waals surface area contributed by atoms with E-state index >= 15 is 0 Å². The molecule has 0 aliphatic rings. The molecule has 0 spiro atoms. The zero-order chi connectivity index (χ0) is 13.7. The lowest BCUT2D eigenvalue weighted by atomic mass is 11.7. The second kappa shape index (κ2) is 6.46. The van der Waals surface area contributed by atoms with Gasteiger partial charge in [-0.25, -0.2) is 4.39 Å². The van der Waals surface area contributed by atoms with E-state index in [4.69, 9.17) is 8.23 Å². The van der Waals surface area contributed by atoms with Crippen molar-refractivity contribution in [1.29, 1.82) is 0 Å². The Hall–Kier alpha value is 0.291. The molecule has 0 amide bonds. The van der Waals surface area contributed by atoms with Crippen LogP contribution < -0.4 is 0 Å². The predicted molar refractivity (Wildman–Crippen MR) is 66.8 cm³/mol. The van der Waals surface area contributed by atoms with Crippen LogP contribution >= 0.6 is 0 Å². The van der Waals surface area contributed by atoms with Gasteiger partial charge >= 0.3 is 8.56 Å². The van der Waals surface area contributed by atoms with Crippen molar-refractivity contribution in [2.75, 3.05) is 25.2 Å². The molecule has 104 valence electrons. The summed E-state index contributed by atoms with van der Waals surface area (Å²) in [5.74, 6) is 0. The Morgan fingerprint density at radius 2 is 1.12 bits per heavy atom. The molecule has 0 heterocycles. The SMILES string of the molecule is C[Si](C)(C)O[Si](C)(CF)O[Si](CF)(CF)CF. The van der Waals surface area contributed by atoms with Gasteiger partial charge in [-0.2, -0.15) is 0 Å². The van der Waals surface area contributed by atoms with Crippen LogP contribution in [0.15, 0.2) is 0 Å². The Bertz CT molecular complexity index is 227. The second-order valence-corrected chi connectivity index (χ2v) is 16.7. The number of halogens is 4. The first-order valence-corrected chi connectivity index (χ1v) is 13.8. The highest BCUT2D eigenvalue weighted by molar-refractivity contribution is 6.88. The fourth-order valence-electron chi connectivity index (χ4n) is 1.37. The Balaban J connectivity index is 4.88. The lowest BCUT2D eigenvalue weighted by Crippen LogP contribution is -2.61. The molecule has 0 aliphatic heterocycles. The van der Waals surface area contributed by atoms with Crippen LogP contribution in [0.3, 0.4) is 0 Å². The largest absolute Gasteiger partial charge is 0.435 e. The molecule has 1 unspecified atom stereocenters. The Morgan fingerprint density at radius 3 is 1.35 bits per heavy atom. The summed E-state index contributed by atoms with van der Waals surface area (Å²) in [4.78, 5) is 0. The molecule has 0 saturated carbocycles. The number of hydrogen-bond donors (Lipinski definition) is 0. The molecule has 0 rings (SSSR count). The van der Waals surface area contributed by atoms with Crippen LogP contribution in [0.25, 0.3) is 0 Å². The third kappa shape index (κ3) is 5.64. The molecule has 0 aromatic rings. The van der Waals surface area contributed by atoms with Gasteiger partial charge < -0.3 is 8.23 Å². The first-order valence-electron chi connectivity index (χ1n) is 5.30. The van der Waals surface area contributed by atoms with Crippen molar-refractivity contribution in [2.24, 2.45) is 0 Å². The van der Waals surface area contributed by atoms with Gasteiger partial charge in [0.15, 0.2) is 8.32 Å². The van der Waals surface area contributed by atoms with Crippen molar-refractivity contribution in [2.45, 2.75) is 26.2 Å². The van der Waals surface area contributed by atoms with E-state index in [1.807, 2.05) is 19.6 Å². The van der Waals surface area contributed by atoms with Gasteiger partial charge in [0, 0.05) is 0 Å². The molecule has 0 N–H and O–H groups in total. The molecule has 9 heteroatoms. The molecule has 0 aromatic heterocycles. The van der Waals surface area contributed by atoms with E-state index in [9.17, 15) is 17.6 Å². The maximum absolute atomic E-state index is 13.0. The van der Waals surface area contributed by atoms with Crippen LogP contribution in [0.5, 0.6) is 0 Å². The van der Waals surface area contributed by atoms with Crippen molar-refractivity contribution in [3.05, 3.63) is 0 Å². The summed E-state index contributed by atoms with van der Waals surface area (Å²) in [6.45, 7) is 6.86. The maximum Gasteiger partial charge on any atom is 0.346 e. The minimum absolute atomic E-state index is 0.925. The number of alkyl halides is 4. The molecule has 0 aromatic carbocycles. The fraction of sp³-hybridized carbons (Fsp3) is 1.00. The lowest BCUT2D eigenvalue weighted by Gasteiger charge is -2.37. The molecule has 0 radical (unpaired) electrons. The average Bonchev–Trinajstić information content (AvgIpc) is 2.24. The van der Waals surface area contributed by atoms with Crippen molar-refractivity contribution < 1.29 is 25.8 Å². The molecule has 2 nitrogen and oxygen atoms in total. The van der Waals surface area contributed by atoms with Gasteiger partial charge in [0.05, 0.1) is 0 Å². The smallest absolute Gasteiger partial charge is 0.346 e. The van der Waals surface area contributed by atoms with E-state index in [-0.39, 0.29) is 0 Å². The molecular weight excluding hydrogens is 288 g/mol. The molecule has 0 bridgehead atoms. The standard InChI is InChI=1S/C8H20F4O2Si3/c1-15(2,3)13-16(4,5-9)14-17(6-10,7-11)8-12/h5-8H2,1-4H3. The Morgan fingerprint density at radius 1 is 0.706 bits per heavy atom. The van der Waals surface area contributed by atoms with E-state index in [1.165, 1.54) is 6.55 Å². The first-order chi connectivity index (χ1) is 7.66. The van der Waals surface area contributed by atoms with E-state index in [0.29, 0.717) is 0 Å². The van der Waals surface area contributed by atoms with Crippen molar-refractivity contribution in [3.8, 4) is 0 Å². The monoisotopic (exact) mass is 308 g/mol. The highest BCUT2D eigenvalue weighted by atomic mass is 28.5. The van der Waals surface area contributed by atoms with Gasteiger partial charge in [-0.15, -0.1) is 0 Å². The van der Waals surface area contributed by atoms with Crippen LogP contribution in [0.1, 0.15) is 0 Å². The summed E-state index contributed by atoms with van der Waals surface area (Å²) >= 11 is 0. The molecule has 0 fully saturated rings. The van der Waals surface area contributed by atoms with Gasteiger partial charge in [-0.3, -0.25) is 13.2 Å². The summed E-state index contributed by atoms with van der Waals surface area (Å²) in [6.07, 6.45) is -4.51. The van der Waals surface area contributed by atoms with Crippen LogP contribution in [0, 0.1) is 0 Å². The molecule has 0 saturated heterocycles. The fourth-order valence-corrected chi connectivity index (χ4v) is 12.1. The van der Waals surface area contributed by atoms with E-state index in [1.54, 1.807) is 0 Å². The quantitative estimate of drug-likeness (QED) is 0.507. The maximum atomic E-state index is 13.0. The van der Waals surface area contributed by atoms with E-state index in [0.717, 1.165) is 0 Å². The number of hydrogen-bond acceptors (Lipinski definition) is 2. The van der Waals surface area contributed by atoms with E-state index < -0.39 is 50.4 Å². The van der Waals surface area contributed by atoms with Crippen LogP contribution in [0.2, 0.25) is 26.2 Å². The van der Waals surface area contributed by atoms with Crippen LogP contribution in [-0.2, 0) is 8.23 Å². The van der Waals surface area contributed by atoms with Gasteiger partial charge in [-0.1, -0.05) is 0 Å². The van der Waals surface area contributed by atoms with Gasteiger partial charge in [0.25, 0.3) is 8.32 Å². The zero-order valence-corrected chi connectivity index (χ0v) is 13.7. The average molecular weight is 308 g/mol. The summed E-state index contributed by atoms with van der Waals surface area (Å²) in [6, 6.07) is 0.